The number of rotatable bonds is 5. The van der Waals surface area contributed by atoms with E-state index in [1.807, 2.05) is 18.2 Å². The molecule has 1 aromatic rings. The molecule has 0 aromatic heterocycles. The van der Waals surface area contributed by atoms with Crippen molar-refractivity contribution in [2.75, 3.05) is 14.2 Å². The van der Waals surface area contributed by atoms with Crippen LogP contribution in [0.2, 0.25) is 0 Å². The summed E-state index contributed by atoms with van der Waals surface area (Å²) in [6.45, 7) is 2.07. The zero-order valence-electron chi connectivity index (χ0n) is 9.31. The van der Waals surface area contributed by atoms with Gasteiger partial charge in [0.25, 0.3) is 0 Å². The van der Waals surface area contributed by atoms with E-state index in [2.05, 4.69) is 19.1 Å². The molecule has 0 aliphatic rings. The molecule has 15 heavy (non-hydrogen) atoms. The smallest absolute Gasteiger partial charge is 0.173 e. The Balaban J connectivity index is 2.71. The molecule has 0 amide bonds. The Bertz CT molecular complexity index is 272. The second-order valence-corrected chi connectivity index (χ2v) is 3.99. The minimum atomic E-state index is -0.373. The molecular formula is C12H17ClO2. The molecule has 0 spiro atoms. The summed E-state index contributed by atoms with van der Waals surface area (Å²) in [6, 6.07) is 10.1. The van der Waals surface area contributed by atoms with Gasteiger partial charge >= 0.3 is 0 Å². The third-order valence-electron chi connectivity index (χ3n) is 2.53. The van der Waals surface area contributed by atoms with Gasteiger partial charge in [-0.15, -0.1) is 11.6 Å². The van der Waals surface area contributed by atoms with Crippen molar-refractivity contribution in [3.63, 3.8) is 0 Å². The first-order valence-electron chi connectivity index (χ1n) is 4.95. The molecule has 0 bridgehead atoms. The molecule has 0 aliphatic heterocycles. The molecule has 1 rings (SSSR count). The van der Waals surface area contributed by atoms with E-state index in [0.29, 0.717) is 0 Å². The van der Waals surface area contributed by atoms with Crippen LogP contribution in [0.5, 0.6) is 0 Å². The van der Waals surface area contributed by atoms with Crippen molar-refractivity contribution >= 4 is 11.6 Å². The van der Waals surface area contributed by atoms with E-state index in [1.165, 1.54) is 5.56 Å². The van der Waals surface area contributed by atoms with Crippen molar-refractivity contribution in [1.82, 2.24) is 0 Å². The summed E-state index contributed by atoms with van der Waals surface area (Å²) in [5.74, 6) is 0.192. The summed E-state index contributed by atoms with van der Waals surface area (Å²) in [4.78, 5) is 0. The first-order valence-corrected chi connectivity index (χ1v) is 5.39. The first kappa shape index (κ1) is 12.5. The minimum Gasteiger partial charge on any atom is -0.354 e. The second-order valence-electron chi connectivity index (χ2n) is 3.48. The standard InChI is InChI=1S/C12H17ClO2/c1-9(10-7-5-4-6-8-10)11(13)12(14-2)15-3/h4-9,11-12H,1-3H3. The number of hydrogen-bond acceptors (Lipinski definition) is 2. The highest BCUT2D eigenvalue weighted by molar-refractivity contribution is 6.21. The Morgan fingerprint density at radius 3 is 2.07 bits per heavy atom. The first-order chi connectivity index (χ1) is 7.20. The number of benzene rings is 1. The predicted octanol–water partition coefficient (Wildman–Crippen LogP) is 3.02. The quantitative estimate of drug-likeness (QED) is 0.570. The lowest BCUT2D eigenvalue weighted by atomic mass is 9.97. The van der Waals surface area contributed by atoms with Crippen molar-refractivity contribution in [3.05, 3.63) is 35.9 Å². The normalized spacial score (nSPS) is 15.3. The third kappa shape index (κ3) is 3.20. The van der Waals surface area contributed by atoms with Crippen LogP contribution in [0.1, 0.15) is 18.4 Å². The van der Waals surface area contributed by atoms with E-state index in [4.69, 9.17) is 21.1 Å². The second kappa shape index (κ2) is 6.11. The summed E-state index contributed by atoms with van der Waals surface area (Å²) in [5.41, 5.74) is 1.19. The van der Waals surface area contributed by atoms with Gasteiger partial charge in [-0.05, 0) is 5.56 Å². The van der Waals surface area contributed by atoms with Crippen LogP contribution < -0.4 is 0 Å². The van der Waals surface area contributed by atoms with Gasteiger partial charge in [0.05, 0.1) is 5.38 Å². The van der Waals surface area contributed by atoms with Gasteiger partial charge in [-0.25, -0.2) is 0 Å². The molecule has 3 heteroatoms. The van der Waals surface area contributed by atoms with E-state index in [1.54, 1.807) is 14.2 Å². The summed E-state index contributed by atoms with van der Waals surface area (Å²) >= 11 is 6.28. The maximum atomic E-state index is 6.28. The van der Waals surface area contributed by atoms with Gasteiger partial charge in [-0.2, -0.15) is 0 Å². The van der Waals surface area contributed by atoms with Gasteiger partial charge in [-0.1, -0.05) is 37.3 Å². The van der Waals surface area contributed by atoms with Gasteiger partial charge in [0.15, 0.2) is 6.29 Å². The molecule has 2 unspecified atom stereocenters. The molecule has 2 nitrogen and oxygen atoms in total. The highest BCUT2D eigenvalue weighted by atomic mass is 35.5. The van der Waals surface area contributed by atoms with Crippen molar-refractivity contribution in [1.29, 1.82) is 0 Å². The van der Waals surface area contributed by atoms with Gasteiger partial charge < -0.3 is 9.47 Å². The van der Waals surface area contributed by atoms with E-state index in [-0.39, 0.29) is 17.6 Å². The average molecular weight is 229 g/mol. The Morgan fingerprint density at radius 2 is 1.60 bits per heavy atom. The summed E-state index contributed by atoms with van der Waals surface area (Å²) in [7, 11) is 3.20. The fraction of sp³-hybridized carbons (Fsp3) is 0.500. The fourth-order valence-electron chi connectivity index (χ4n) is 1.53. The van der Waals surface area contributed by atoms with Crippen molar-refractivity contribution in [2.45, 2.75) is 24.5 Å². The topological polar surface area (TPSA) is 18.5 Å². The van der Waals surface area contributed by atoms with Gasteiger partial charge in [-0.3, -0.25) is 0 Å². The molecule has 0 aliphatic carbocycles. The summed E-state index contributed by atoms with van der Waals surface area (Å²) in [6.07, 6.45) is -0.373. The van der Waals surface area contributed by atoms with E-state index >= 15 is 0 Å². The van der Waals surface area contributed by atoms with E-state index in [9.17, 15) is 0 Å². The lowest BCUT2D eigenvalue weighted by molar-refractivity contribution is -0.105. The molecule has 2 atom stereocenters. The molecule has 0 radical (unpaired) electrons. The van der Waals surface area contributed by atoms with Gasteiger partial charge in [0.1, 0.15) is 0 Å². The van der Waals surface area contributed by atoms with Crippen molar-refractivity contribution in [2.24, 2.45) is 0 Å². The predicted molar refractivity (Wildman–Crippen MR) is 62.3 cm³/mol. The Kier molecular flexibility index (Phi) is 5.09. The molecular weight excluding hydrogens is 212 g/mol. The summed E-state index contributed by atoms with van der Waals surface area (Å²) < 4.78 is 10.3. The maximum absolute atomic E-state index is 6.28. The number of ether oxygens (including phenoxy) is 2. The SMILES string of the molecule is COC(OC)C(Cl)C(C)c1ccccc1. The van der Waals surface area contributed by atoms with Crippen LogP contribution >= 0.6 is 11.6 Å². The van der Waals surface area contributed by atoms with Crippen LogP contribution in [0.3, 0.4) is 0 Å². The third-order valence-corrected chi connectivity index (χ3v) is 3.11. The maximum Gasteiger partial charge on any atom is 0.173 e. The van der Waals surface area contributed by atoms with Crippen molar-refractivity contribution in [3.8, 4) is 0 Å². The molecule has 84 valence electrons. The lowest BCUT2D eigenvalue weighted by Crippen LogP contribution is -2.29. The van der Waals surface area contributed by atoms with Crippen LogP contribution in [0.25, 0.3) is 0 Å². The van der Waals surface area contributed by atoms with Crippen LogP contribution in [0, 0.1) is 0 Å². The average Bonchev–Trinajstić information content (AvgIpc) is 2.30. The Hall–Kier alpha value is -0.570. The van der Waals surface area contributed by atoms with Crippen LogP contribution in [-0.4, -0.2) is 25.9 Å². The number of alkyl halides is 1. The zero-order chi connectivity index (χ0) is 11.3. The Morgan fingerprint density at radius 1 is 1.07 bits per heavy atom. The molecule has 0 saturated carbocycles. The number of hydrogen-bond donors (Lipinski definition) is 0. The van der Waals surface area contributed by atoms with Gasteiger partial charge in [0.2, 0.25) is 0 Å². The summed E-state index contributed by atoms with van der Waals surface area (Å²) in [5, 5.41) is -0.192. The number of halogens is 1. The largest absolute Gasteiger partial charge is 0.354 e. The zero-order valence-corrected chi connectivity index (χ0v) is 10.1. The fourth-order valence-corrected chi connectivity index (χ4v) is 1.88. The van der Waals surface area contributed by atoms with E-state index in [0.717, 1.165) is 0 Å². The number of methoxy groups -OCH3 is 2. The molecule has 1 aromatic carbocycles. The molecule has 0 fully saturated rings. The van der Waals surface area contributed by atoms with Gasteiger partial charge in [0, 0.05) is 20.1 Å². The van der Waals surface area contributed by atoms with Crippen molar-refractivity contribution < 1.29 is 9.47 Å². The van der Waals surface area contributed by atoms with E-state index < -0.39 is 0 Å². The van der Waals surface area contributed by atoms with Crippen LogP contribution in [-0.2, 0) is 9.47 Å². The highest BCUT2D eigenvalue weighted by Crippen LogP contribution is 2.26. The monoisotopic (exact) mass is 228 g/mol. The highest BCUT2D eigenvalue weighted by Gasteiger charge is 2.25. The molecule has 0 N–H and O–H groups in total. The Labute approximate surface area is 96.2 Å². The minimum absolute atomic E-state index is 0.192. The lowest BCUT2D eigenvalue weighted by Gasteiger charge is -2.24. The molecule has 0 saturated heterocycles. The molecule has 0 heterocycles. The van der Waals surface area contributed by atoms with Crippen LogP contribution in [0.15, 0.2) is 30.3 Å². The van der Waals surface area contributed by atoms with Crippen LogP contribution in [0.4, 0.5) is 0 Å².